The van der Waals surface area contributed by atoms with Crippen LogP contribution in [0.25, 0.3) is 5.57 Å². The molecule has 3 unspecified atom stereocenters. The van der Waals surface area contributed by atoms with E-state index in [0.29, 0.717) is 5.92 Å². The molecule has 5 aliphatic rings. The number of rotatable bonds is 4. The van der Waals surface area contributed by atoms with Gasteiger partial charge in [-0.25, -0.2) is 0 Å². The van der Waals surface area contributed by atoms with Crippen LogP contribution in [0.15, 0.2) is 129 Å². The summed E-state index contributed by atoms with van der Waals surface area (Å²) in [6.45, 7) is 21.2. The second-order valence-corrected chi connectivity index (χ2v) is 32.4. The van der Waals surface area contributed by atoms with E-state index in [0.717, 1.165) is 24.3 Å². The first-order valence-corrected chi connectivity index (χ1v) is 25.6. The SMILES string of the molecule is Cl.Cl.[CH2]=[Zr]([C]1=CC=CC1)([c]1ccccc1)([c]1cccc(Cl)c1)[C]1(C)C2=C3Cc4ccccc4C3=C3C=CCCC3C2(C)C(C)(C)C(C)(C)C1(C)C. The zero-order chi connectivity index (χ0) is 34.9. The van der Waals surface area contributed by atoms with Crippen molar-refractivity contribution in [3.8, 4) is 0 Å². The zero-order valence-corrected chi connectivity index (χ0v) is 36.5. The monoisotopic (exact) mass is 814 g/mol. The van der Waals surface area contributed by atoms with Crippen molar-refractivity contribution in [3.05, 3.63) is 145 Å². The fourth-order valence-electron chi connectivity index (χ4n) is 12.8. The van der Waals surface area contributed by atoms with E-state index in [1.165, 1.54) is 29.7 Å². The Morgan fingerprint density at radius 1 is 0.745 bits per heavy atom. The summed E-state index contributed by atoms with van der Waals surface area (Å²) in [5, 5.41) is 0.804. The van der Waals surface area contributed by atoms with Gasteiger partial charge in [-0.15, -0.1) is 24.8 Å². The van der Waals surface area contributed by atoms with Crippen LogP contribution in [0.1, 0.15) is 85.8 Å². The van der Waals surface area contributed by atoms with Crippen molar-refractivity contribution in [2.24, 2.45) is 27.6 Å². The summed E-state index contributed by atoms with van der Waals surface area (Å²) in [7, 11) is 0. The molecule has 1 fully saturated rings. The molecule has 3 aromatic carbocycles. The second kappa shape index (κ2) is 12.3. The summed E-state index contributed by atoms with van der Waals surface area (Å²) in [5.41, 5.74) is 8.93. The quantitative estimate of drug-likeness (QED) is 0.246. The molecule has 0 spiro atoms. The molecule has 3 aromatic rings. The maximum atomic E-state index is 7.11. The van der Waals surface area contributed by atoms with Crippen LogP contribution in [0.3, 0.4) is 0 Å². The fraction of sp³-hybridized carbons (Fsp3) is 0.383. The topological polar surface area (TPSA) is 0 Å². The molecular formula is C47H55Cl3Zr. The van der Waals surface area contributed by atoms with E-state index in [1.54, 1.807) is 20.0 Å². The van der Waals surface area contributed by atoms with Crippen molar-refractivity contribution in [2.75, 3.05) is 0 Å². The molecule has 8 rings (SSSR count). The molecular weight excluding hydrogens is 762 g/mol. The third-order valence-corrected chi connectivity index (χ3v) is 36.7. The molecule has 0 saturated heterocycles. The van der Waals surface area contributed by atoms with E-state index in [-0.39, 0.29) is 49.6 Å². The molecule has 0 amide bonds. The molecule has 4 heteroatoms. The summed E-state index contributed by atoms with van der Waals surface area (Å²) in [4.78, 5) is 0. The Morgan fingerprint density at radius 3 is 2.08 bits per heavy atom. The summed E-state index contributed by atoms with van der Waals surface area (Å²) >= 11 is 1.92. The van der Waals surface area contributed by atoms with Crippen molar-refractivity contribution < 1.29 is 18.3 Å². The standard InChI is InChI=1S/C29H37.C6H4Cl.C6H5.C5H5.CH2.2ClH.Zr/c1-18-25-22-17-19-13-9-10-14-20(19)24(22)21-15-11-12-16-23(21)29(25,8)28(6,7)27(4,5)26(18,2)3;7-6-4-2-1-3-5-6;1-2-4-6-5-3-1;1-2-4-5-3-1;;;;/h9-11,13-15,23H,12,16-17H2,1-8H3;1-2,4-5H;1-5H;1-3H,4H2;1H2;2*1H;. The predicted octanol–water partition coefficient (Wildman–Crippen LogP) is 12.7. The van der Waals surface area contributed by atoms with Gasteiger partial charge in [-0.1, -0.05) is 0 Å². The van der Waals surface area contributed by atoms with Crippen LogP contribution >= 0.6 is 36.4 Å². The van der Waals surface area contributed by atoms with Gasteiger partial charge >= 0.3 is 303 Å². The van der Waals surface area contributed by atoms with Gasteiger partial charge < -0.3 is 0 Å². The molecule has 0 bridgehead atoms. The average Bonchev–Trinajstić information content (AvgIpc) is 3.77. The van der Waals surface area contributed by atoms with Crippen LogP contribution in [0, 0.1) is 27.6 Å². The molecule has 0 nitrogen and oxygen atoms in total. The Morgan fingerprint density at radius 2 is 1.41 bits per heavy atom. The van der Waals surface area contributed by atoms with Gasteiger partial charge in [-0.2, -0.15) is 0 Å². The first-order valence-electron chi connectivity index (χ1n) is 18.5. The van der Waals surface area contributed by atoms with Gasteiger partial charge in [0.1, 0.15) is 0 Å². The number of halogens is 3. The van der Waals surface area contributed by atoms with Gasteiger partial charge in [0.25, 0.3) is 0 Å². The molecule has 0 aromatic heterocycles. The Balaban J connectivity index is 0.00000224. The minimum atomic E-state index is -5.19. The molecule has 51 heavy (non-hydrogen) atoms. The Hall–Kier alpha value is -2.02. The first-order chi connectivity index (χ1) is 23.1. The van der Waals surface area contributed by atoms with Gasteiger partial charge in [0.2, 0.25) is 0 Å². The van der Waals surface area contributed by atoms with E-state index in [1.807, 2.05) is 0 Å². The van der Waals surface area contributed by atoms with Crippen LogP contribution in [0.4, 0.5) is 0 Å². The third-order valence-electron chi connectivity index (χ3n) is 16.7. The summed E-state index contributed by atoms with van der Waals surface area (Å²) in [6, 6.07) is 29.9. The number of fused-ring (bicyclic) bond motifs is 6. The normalized spacial score (nSPS) is 28.1. The van der Waals surface area contributed by atoms with Crippen molar-refractivity contribution in [1.29, 1.82) is 0 Å². The van der Waals surface area contributed by atoms with Gasteiger partial charge in [0, 0.05) is 0 Å². The Labute approximate surface area is 325 Å². The first kappa shape index (κ1) is 38.7. The van der Waals surface area contributed by atoms with Gasteiger partial charge in [0.05, 0.1) is 0 Å². The number of allylic oxidation sites excluding steroid dienone is 10. The molecule has 0 radical (unpaired) electrons. The molecule has 5 aliphatic carbocycles. The van der Waals surface area contributed by atoms with E-state index in [2.05, 4.69) is 165 Å². The Kier molecular flexibility index (Phi) is 9.30. The van der Waals surface area contributed by atoms with Gasteiger partial charge in [0.15, 0.2) is 0 Å². The van der Waals surface area contributed by atoms with E-state index in [4.69, 9.17) is 15.8 Å². The van der Waals surface area contributed by atoms with Crippen LogP contribution in [0.5, 0.6) is 0 Å². The van der Waals surface area contributed by atoms with Crippen LogP contribution < -0.4 is 6.54 Å². The van der Waals surface area contributed by atoms with Crippen LogP contribution in [-0.2, 0) is 24.7 Å². The van der Waals surface area contributed by atoms with Crippen molar-refractivity contribution in [2.45, 2.75) is 84.2 Å². The average molecular weight is 818 g/mol. The summed E-state index contributed by atoms with van der Waals surface area (Å²) < 4.78 is 10.1. The predicted molar refractivity (Wildman–Crippen MR) is 224 cm³/mol. The van der Waals surface area contributed by atoms with Crippen molar-refractivity contribution >= 4 is 52.7 Å². The Bertz CT molecular complexity index is 2160. The maximum absolute atomic E-state index is 7.11. The molecule has 0 aliphatic heterocycles. The number of benzene rings is 3. The van der Waals surface area contributed by atoms with E-state index >= 15 is 0 Å². The van der Waals surface area contributed by atoms with Gasteiger partial charge in [-0.05, 0) is 0 Å². The van der Waals surface area contributed by atoms with Crippen molar-refractivity contribution in [1.82, 2.24) is 0 Å². The molecule has 3 atom stereocenters. The molecule has 0 N–H and O–H groups in total. The summed E-state index contributed by atoms with van der Waals surface area (Å²) in [5.74, 6) is 0.417. The van der Waals surface area contributed by atoms with E-state index in [9.17, 15) is 0 Å². The molecule has 1 saturated carbocycles. The second-order valence-electron chi connectivity index (χ2n) is 17.9. The molecule has 268 valence electrons. The fourth-order valence-corrected chi connectivity index (χ4v) is 33.9. The molecule has 0 heterocycles. The van der Waals surface area contributed by atoms with Gasteiger partial charge in [-0.3, -0.25) is 0 Å². The zero-order valence-electron chi connectivity index (χ0n) is 31.7. The summed E-state index contributed by atoms with van der Waals surface area (Å²) in [6.07, 6.45) is 16.4. The van der Waals surface area contributed by atoms with Crippen LogP contribution in [0.2, 0.25) is 8.15 Å². The number of hydrogen-bond acceptors (Lipinski definition) is 0. The minimum absolute atomic E-state index is 0. The third kappa shape index (κ3) is 4.22. The number of hydrogen-bond donors (Lipinski definition) is 0. The van der Waals surface area contributed by atoms with Crippen molar-refractivity contribution in [3.63, 3.8) is 0 Å². The van der Waals surface area contributed by atoms with E-state index < -0.39 is 18.3 Å². The van der Waals surface area contributed by atoms with Crippen LogP contribution in [-0.4, -0.2) is 4.21 Å².